The molecule has 1 fully saturated rings. The lowest BCUT2D eigenvalue weighted by molar-refractivity contribution is 0.101. The van der Waals surface area contributed by atoms with Gasteiger partial charge in [-0.05, 0) is 31.9 Å². The maximum Gasteiger partial charge on any atom is 0.278 e. The molecule has 27 heavy (non-hydrogen) atoms. The van der Waals surface area contributed by atoms with E-state index in [1.807, 2.05) is 0 Å². The number of ether oxygens (including phenoxy) is 2. The second-order valence-electron chi connectivity index (χ2n) is 6.20. The largest absolute Gasteiger partial charge is 0.477 e. The molecule has 0 N–H and O–H groups in total. The molecule has 0 radical (unpaired) electrons. The lowest BCUT2D eigenvalue weighted by Gasteiger charge is -2.32. The van der Waals surface area contributed by atoms with Crippen molar-refractivity contribution in [1.82, 2.24) is 14.3 Å². The van der Waals surface area contributed by atoms with E-state index < -0.39 is 10.0 Å². The molecule has 0 saturated carbocycles. The standard InChI is InChI=1S/C18H21N3O5S/c1-13(22)14-5-3-7-16(11-14)27(23,24)21-10-4-6-15(12-21)26-18-17(25-2)19-8-9-20-18/h3,5,7-9,11,15H,4,6,10,12H2,1-2H3. The number of methoxy groups -OCH3 is 1. The van der Waals surface area contributed by atoms with Crippen LogP contribution in [-0.4, -0.2) is 54.8 Å². The summed E-state index contributed by atoms with van der Waals surface area (Å²) in [4.78, 5) is 19.8. The fourth-order valence-electron chi connectivity index (χ4n) is 2.94. The molecule has 1 aliphatic rings. The van der Waals surface area contributed by atoms with Crippen LogP contribution in [0.1, 0.15) is 30.1 Å². The summed E-state index contributed by atoms with van der Waals surface area (Å²) in [5.41, 5.74) is 0.366. The van der Waals surface area contributed by atoms with Crippen LogP contribution in [-0.2, 0) is 10.0 Å². The lowest BCUT2D eigenvalue weighted by atomic mass is 10.1. The number of hydrogen-bond acceptors (Lipinski definition) is 7. The van der Waals surface area contributed by atoms with Crippen molar-refractivity contribution in [1.29, 1.82) is 0 Å². The van der Waals surface area contributed by atoms with Crippen LogP contribution in [0.2, 0.25) is 0 Å². The van der Waals surface area contributed by atoms with Crippen LogP contribution in [0.15, 0.2) is 41.6 Å². The van der Waals surface area contributed by atoms with Gasteiger partial charge in [-0.2, -0.15) is 4.31 Å². The molecule has 144 valence electrons. The van der Waals surface area contributed by atoms with Gasteiger partial charge < -0.3 is 9.47 Å². The summed E-state index contributed by atoms with van der Waals surface area (Å²) in [6.07, 6.45) is 3.96. The van der Waals surface area contributed by atoms with Gasteiger partial charge in [-0.25, -0.2) is 18.4 Å². The number of piperidine rings is 1. The van der Waals surface area contributed by atoms with Crippen LogP contribution in [0.4, 0.5) is 0 Å². The number of hydrogen-bond donors (Lipinski definition) is 0. The fourth-order valence-corrected chi connectivity index (χ4v) is 4.49. The summed E-state index contributed by atoms with van der Waals surface area (Å²) < 4.78 is 38.3. The summed E-state index contributed by atoms with van der Waals surface area (Å²) in [5.74, 6) is 0.316. The van der Waals surface area contributed by atoms with Crippen molar-refractivity contribution in [2.45, 2.75) is 30.8 Å². The molecule has 1 unspecified atom stereocenters. The molecule has 0 amide bonds. The van der Waals surface area contributed by atoms with E-state index in [1.165, 1.54) is 42.9 Å². The first kappa shape index (κ1) is 19.2. The zero-order chi connectivity index (χ0) is 19.4. The number of ketones is 1. The Kier molecular flexibility index (Phi) is 5.71. The molecule has 2 aromatic rings. The number of aromatic nitrogens is 2. The molecular formula is C18H21N3O5S. The van der Waals surface area contributed by atoms with E-state index in [0.29, 0.717) is 24.9 Å². The number of sulfonamides is 1. The summed E-state index contributed by atoms with van der Waals surface area (Å²) in [5, 5.41) is 0. The third kappa shape index (κ3) is 4.25. The number of benzene rings is 1. The molecule has 1 aliphatic heterocycles. The van der Waals surface area contributed by atoms with E-state index in [4.69, 9.17) is 9.47 Å². The first-order valence-corrected chi connectivity index (χ1v) is 9.98. The highest BCUT2D eigenvalue weighted by Crippen LogP contribution is 2.26. The number of rotatable bonds is 6. The Morgan fingerprint density at radius 1 is 1.22 bits per heavy atom. The molecule has 1 atom stereocenters. The van der Waals surface area contributed by atoms with E-state index in [1.54, 1.807) is 12.1 Å². The van der Waals surface area contributed by atoms with Gasteiger partial charge in [-0.15, -0.1) is 0 Å². The Labute approximate surface area is 158 Å². The summed E-state index contributed by atoms with van der Waals surface area (Å²) in [6.45, 7) is 1.99. The minimum absolute atomic E-state index is 0.105. The van der Waals surface area contributed by atoms with Crippen LogP contribution in [0, 0.1) is 0 Å². The van der Waals surface area contributed by atoms with Crippen molar-refractivity contribution in [2.24, 2.45) is 0 Å². The molecule has 0 spiro atoms. The van der Waals surface area contributed by atoms with Crippen LogP contribution in [0.25, 0.3) is 0 Å². The van der Waals surface area contributed by atoms with Crippen LogP contribution in [0.3, 0.4) is 0 Å². The minimum atomic E-state index is -3.73. The lowest BCUT2D eigenvalue weighted by Crippen LogP contribution is -2.44. The second-order valence-corrected chi connectivity index (χ2v) is 8.14. The normalized spacial score (nSPS) is 18.1. The predicted octanol–water partition coefficient (Wildman–Crippen LogP) is 1.92. The third-order valence-corrected chi connectivity index (χ3v) is 6.19. The van der Waals surface area contributed by atoms with Gasteiger partial charge in [-0.3, -0.25) is 4.79 Å². The molecule has 0 bridgehead atoms. The zero-order valence-corrected chi connectivity index (χ0v) is 16.0. The topological polar surface area (TPSA) is 98.7 Å². The van der Waals surface area contributed by atoms with Crippen molar-refractivity contribution >= 4 is 15.8 Å². The maximum atomic E-state index is 13.0. The van der Waals surface area contributed by atoms with Crippen molar-refractivity contribution in [3.63, 3.8) is 0 Å². The average molecular weight is 391 g/mol. The number of carbonyl (C=O) groups is 1. The fraction of sp³-hybridized carbons (Fsp3) is 0.389. The Balaban J connectivity index is 1.79. The minimum Gasteiger partial charge on any atom is -0.477 e. The van der Waals surface area contributed by atoms with Gasteiger partial charge in [0.1, 0.15) is 6.10 Å². The molecule has 1 saturated heterocycles. The molecule has 1 aromatic heterocycles. The van der Waals surface area contributed by atoms with Crippen molar-refractivity contribution in [3.8, 4) is 11.8 Å². The summed E-state index contributed by atoms with van der Waals surface area (Å²) >= 11 is 0. The second kappa shape index (κ2) is 8.01. The first-order chi connectivity index (χ1) is 12.9. The first-order valence-electron chi connectivity index (χ1n) is 8.54. The Morgan fingerprint density at radius 3 is 2.67 bits per heavy atom. The van der Waals surface area contributed by atoms with Gasteiger partial charge in [0.2, 0.25) is 10.0 Å². The van der Waals surface area contributed by atoms with Crippen molar-refractivity contribution < 1.29 is 22.7 Å². The Bertz CT molecular complexity index is 932. The van der Waals surface area contributed by atoms with Crippen molar-refractivity contribution in [3.05, 3.63) is 42.2 Å². The van der Waals surface area contributed by atoms with Crippen LogP contribution in [0.5, 0.6) is 11.8 Å². The Hall–Kier alpha value is -2.52. The monoisotopic (exact) mass is 391 g/mol. The molecule has 3 rings (SSSR count). The van der Waals surface area contributed by atoms with Crippen molar-refractivity contribution in [2.75, 3.05) is 20.2 Å². The Morgan fingerprint density at radius 2 is 1.96 bits per heavy atom. The highest BCUT2D eigenvalue weighted by Gasteiger charge is 2.32. The highest BCUT2D eigenvalue weighted by molar-refractivity contribution is 7.89. The molecule has 0 aliphatic carbocycles. The maximum absolute atomic E-state index is 13.0. The van der Waals surface area contributed by atoms with E-state index in [0.717, 1.165) is 0 Å². The third-order valence-electron chi connectivity index (χ3n) is 4.32. The quantitative estimate of drug-likeness (QED) is 0.694. The van der Waals surface area contributed by atoms with E-state index in [9.17, 15) is 13.2 Å². The van der Waals surface area contributed by atoms with E-state index >= 15 is 0 Å². The summed E-state index contributed by atoms with van der Waals surface area (Å²) in [7, 11) is -2.26. The van der Waals surface area contributed by atoms with Crippen LogP contribution >= 0.6 is 0 Å². The molecule has 2 heterocycles. The predicted molar refractivity (Wildman–Crippen MR) is 97.4 cm³/mol. The van der Waals surface area contributed by atoms with Gasteiger partial charge in [-0.1, -0.05) is 12.1 Å². The molecule has 8 nitrogen and oxygen atoms in total. The average Bonchev–Trinajstić information content (AvgIpc) is 2.68. The molecular weight excluding hydrogens is 370 g/mol. The smallest absolute Gasteiger partial charge is 0.278 e. The highest BCUT2D eigenvalue weighted by atomic mass is 32.2. The van der Waals surface area contributed by atoms with Gasteiger partial charge >= 0.3 is 0 Å². The van der Waals surface area contributed by atoms with Gasteiger partial charge in [0.25, 0.3) is 11.8 Å². The number of Topliss-reactive ketones (excluding diaryl/α,β-unsaturated/α-hetero) is 1. The number of carbonyl (C=O) groups excluding carboxylic acids is 1. The SMILES string of the molecule is COc1nccnc1OC1CCCN(S(=O)(=O)c2cccc(C(C)=O)c2)C1. The van der Waals surface area contributed by atoms with Crippen LogP contribution < -0.4 is 9.47 Å². The van der Waals surface area contributed by atoms with Gasteiger partial charge in [0.05, 0.1) is 18.6 Å². The van der Waals surface area contributed by atoms with Gasteiger partial charge in [0.15, 0.2) is 5.78 Å². The van der Waals surface area contributed by atoms with E-state index in [2.05, 4.69) is 9.97 Å². The van der Waals surface area contributed by atoms with Gasteiger partial charge in [0, 0.05) is 24.5 Å². The van der Waals surface area contributed by atoms with E-state index in [-0.39, 0.29) is 35.1 Å². The zero-order valence-electron chi connectivity index (χ0n) is 15.2. The summed E-state index contributed by atoms with van der Waals surface area (Å²) in [6, 6.07) is 6.08. The number of nitrogens with zero attached hydrogens (tertiary/aromatic N) is 3. The molecule has 1 aromatic carbocycles. The molecule has 9 heteroatoms.